The van der Waals surface area contributed by atoms with Gasteiger partial charge in [0.25, 0.3) is 0 Å². The van der Waals surface area contributed by atoms with Crippen LogP contribution < -0.4 is 10.1 Å². The maximum atomic E-state index is 5.37. The molecule has 5 heteroatoms. The maximum absolute atomic E-state index is 5.37. The largest absolute Gasteiger partial charge is 0.496 e. The van der Waals surface area contributed by atoms with Gasteiger partial charge in [-0.2, -0.15) is 5.10 Å². The van der Waals surface area contributed by atoms with Crippen LogP contribution in [0.25, 0.3) is 0 Å². The number of H-pyrrole nitrogens is 1. The molecule has 0 unspecified atom stereocenters. The Hall–Kier alpha value is -1.88. The molecule has 2 N–H and O–H groups in total. The highest BCUT2D eigenvalue weighted by Crippen LogP contribution is 2.23. The van der Waals surface area contributed by atoms with E-state index in [0.717, 1.165) is 55.3 Å². The van der Waals surface area contributed by atoms with Crippen molar-refractivity contribution in [3.05, 3.63) is 41.5 Å². The highest BCUT2D eigenvalue weighted by Gasteiger charge is 2.19. The fraction of sp³-hybridized carbons (Fsp3) is 0.467. The number of hydrogen-bond acceptors (Lipinski definition) is 4. The third-order valence-electron chi connectivity index (χ3n) is 3.80. The van der Waals surface area contributed by atoms with Crippen LogP contribution in [0.5, 0.6) is 5.75 Å². The van der Waals surface area contributed by atoms with Gasteiger partial charge >= 0.3 is 0 Å². The zero-order valence-electron chi connectivity index (χ0n) is 11.7. The molecule has 1 aliphatic rings. The first-order valence-corrected chi connectivity index (χ1v) is 7.10. The number of hydrogen-bond donors (Lipinski definition) is 2. The fourth-order valence-corrected chi connectivity index (χ4v) is 2.68. The summed E-state index contributed by atoms with van der Waals surface area (Å²) in [5.41, 5.74) is 1.13. The van der Waals surface area contributed by atoms with Crippen LogP contribution in [-0.4, -0.2) is 35.4 Å². The Morgan fingerprint density at radius 3 is 2.85 bits per heavy atom. The zero-order chi connectivity index (χ0) is 13.8. The van der Waals surface area contributed by atoms with Crippen LogP contribution >= 0.6 is 0 Å². The quantitative estimate of drug-likeness (QED) is 0.892. The number of aromatic amines is 1. The highest BCUT2D eigenvalue weighted by atomic mass is 16.5. The monoisotopic (exact) mass is 272 g/mol. The van der Waals surface area contributed by atoms with Crippen LogP contribution in [0.2, 0.25) is 0 Å². The van der Waals surface area contributed by atoms with Gasteiger partial charge in [0.2, 0.25) is 0 Å². The van der Waals surface area contributed by atoms with Crippen molar-refractivity contribution in [1.82, 2.24) is 20.5 Å². The molecule has 1 saturated heterocycles. The lowest BCUT2D eigenvalue weighted by atomic mass is 9.98. The van der Waals surface area contributed by atoms with E-state index in [0.29, 0.717) is 5.92 Å². The first kappa shape index (κ1) is 13.1. The third kappa shape index (κ3) is 2.82. The molecule has 1 fully saturated rings. The van der Waals surface area contributed by atoms with Crippen molar-refractivity contribution in [3.8, 4) is 5.75 Å². The van der Waals surface area contributed by atoms with Gasteiger partial charge < -0.3 is 10.1 Å². The molecular weight excluding hydrogens is 252 g/mol. The molecule has 2 aromatic rings. The van der Waals surface area contributed by atoms with Gasteiger partial charge in [-0.1, -0.05) is 18.2 Å². The van der Waals surface area contributed by atoms with Gasteiger partial charge in [0.1, 0.15) is 11.6 Å². The van der Waals surface area contributed by atoms with Gasteiger partial charge in [-0.3, -0.25) is 5.10 Å². The molecule has 0 atom stereocenters. The van der Waals surface area contributed by atoms with Crippen molar-refractivity contribution in [2.24, 2.45) is 0 Å². The van der Waals surface area contributed by atoms with Crippen molar-refractivity contribution in [1.29, 1.82) is 0 Å². The van der Waals surface area contributed by atoms with E-state index in [4.69, 9.17) is 4.74 Å². The van der Waals surface area contributed by atoms with E-state index in [9.17, 15) is 0 Å². The average Bonchev–Trinajstić information content (AvgIpc) is 2.97. The predicted octanol–water partition coefficient (Wildman–Crippen LogP) is 1.87. The van der Waals surface area contributed by atoms with Crippen molar-refractivity contribution >= 4 is 0 Å². The molecule has 106 valence electrons. The molecule has 20 heavy (non-hydrogen) atoms. The summed E-state index contributed by atoms with van der Waals surface area (Å²) in [6, 6.07) is 8.02. The van der Waals surface area contributed by atoms with Gasteiger partial charge in [0.05, 0.1) is 7.11 Å². The lowest BCUT2D eigenvalue weighted by molar-refractivity contribution is 0.410. The summed E-state index contributed by atoms with van der Waals surface area (Å²) >= 11 is 0. The van der Waals surface area contributed by atoms with Crippen LogP contribution in [0.15, 0.2) is 24.3 Å². The van der Waals surface area contributed by atoms with E-state index in [1.54, 1.807) is 7.11 Å². The molecule has 3 rings (SSSR count). The van der Waals surface area contributed by atoms with Crippen LogP contribution in [0, 0.1) is 0 Å². The topological polar surface area (TPSA) is 62.8 Å². The number of ether oxygens (including phenoxy) is 1. The molecular formula is C15H20N4O. The first-order chi connectivity index (χ1) is 9.86. The molecule has 0 aliphatic carbocycles. The van der Waals surface area contributed by atoms with Crippen molar-refractivity contribution in [2.75, 3.05) is 20.2 Å². The second-order valence-corrected chi connectivity index (χ2v) is 5.15. The summed E-state index contributed by atoms with van der Waals surface area (Å²) in [5.74, 6) is 3.24. The number of piperidine rings is 1. The lowest BCUT2D eigenvalue weighted by Crippen LogP contribution is -2.27. The summed E-state index contributed by atoms with van der Waals surface area (Å²) in [4.78, 5) is 4.65. The number of methoxy groups -OCH3 is 1. The number of nitrogens with zero attached hydrogens (tertiary/aromatic N) is 2. The van der Waals surface area contributed by atoms with E-state index in [1.165, 1.54) is 0 Å². The van der Waals surface area contributed by atoms with Gasteiger partial charge in [-0.25, -0.2) is 4.98 Å². The van der Waals surface area contributed by atoms with E-state index >= 15 is 0 Å². The Balaban J connectivity index is 1.73. The minimum atomic E-state index is 0.485. The molecule has 1 aromatic heterocycles. The van der Waals surface area contributed by atoms with Crippen LogP contribution in [0.3, 0.4) is 0 Å². The molecule has 0 radical (unpaired) electrons. The molecule has 1 aromatic carbocycles. The smallest absolute Gasteiger partial charge is 0.153 e. The third-order valence-corrected chi connectivity index (χ3v) is 3.80. The SMILES string of the molecule is COc1ccccc1Cc1nc(C2CCNCC2)n[nH]1. The molecule has 2 heterocycles. The Morgan fingerprint density at radius 2 is 2.05 bits per heavy atom. The summed E-state index contributed by atoms with van der Waals surface area (Å²) in [5, 5.41) is 10.8. The van der Waals surface area contributed by atoms with Gasteiger partial charge in [-0.05, 0) is 32.0 Å². The summed E-state index contributed by atoms with van der Waals surface area (Å²) in [7, 11) is 1.69. The fourth-order valence-electron chi connectivity index (χ4n) is 2.68. The van der Waals surface area contributed by atoms with Crippen molar-refractivity contribution < 1.29 is 4.74 Å². The molecule has 0 bridgehead atoms. The minimum absolute atomic E-state index is 0.485. The highest BCUT2D eigenvalue weighted by molar-refractivity contribution is 5.35. The second-order valence-electron chi connectivity index (χ2n) is 5.15. The number of aromatic nitrogens is 3. The summed E-state index contributed by atoms with van der Waals surface area (Å²) in [6.45, 7) is 2.11. The Bertz CT molecular complexity index is 561. The van der Waals surface area contributed by atoms with Gasteiger partial charge in [0, 0.05) is 17.9 Å². The lowest BCUT2D eigenvalue weighted by Gasteiger charge is -2.19. The van der Waals surface area contributed by atoms with Crippen LogP contribution in [0.1, 0.15) is 36.0 Å². The van der Waals surface area contributed by atoms with Crippen LogP contribution in [-0.2, 0) is 6.42 Å². The van der Waals surface area contributed by atoms with Gasteiger partial charge in [0.15, 0.2) is 5.82 Å². The average molecular weight is 272 g/mol. The number of para-hydroxylation sites is 1. The molecule has 5 nitrogen and oxygen atoms in total. The Morgan fingerprint density at radius 1 is 1.25 bits per heavy atom. The molecule has 0 amide bonds. The van der Waals surface area contributed by atoms with Crippen LogP contribution in [0.4, 0.5) is 0 Å². The standard InChI is InChI=1S/C15H20N4O/c1-20-13-5-3-2-4-12(13)10-14-17-15(19-18-14)11-6-8-16-9-7-11/h2-5,11,16H,6-10H2,1H3,(H,17,18,19). The van der Waals surface area contributed by atoms with E-state index in [2.05, 4.69) is 26.6 Å². The Kier molecular flexibility index (Phi) is 3.97. The van der Waals surface area contributed by atoms with Crippen molar-refractivity contribution in [3.63, 3.8) is 0 Å². The zero-order valence-corrected chi connectivity index (χ0v) is 11.7. The summed E-state index contributed by atoms with van der Waals surface area (Å²) in [6.07, 6.45) is 2.96. The molecule has 1 aliphatic heterocycles. The normalized spacial score (nSPS) is 16.2. The molecule has 0 saturated carbocycles. The molecule has 0 spiro atoms. The van der Waals surface area contributed by atoms with Gasteiger partial charge in [-0.15, -0.1) is 0 Å². The summed E-state index contributed by atoms with van der Waals surface area (Å²) < 4.78 is 5.37. The minimum Gasteiger partial charge on any atom is -0.496 e. The van der Waals surface area contributed by atoms with E-state index < -0.39 is 0 Å². The second kappa shape index (κ2) is 6.05. The Labute approximate surface area is 118 Å². The number of benzene rings is 1. The number of rotatable bonds is 4. The van der Waals surface area contributed by atoms with E-state index in [1.807, 2.05) is 18.2 Å². The first-order valence-electron chi connectivity index (χ1n) is 7.10. The maximum Gasteiger partial charge on any atom is 0.153 e. The number of nitrogens with one attached hydrogen (secondary N) is 2. The van der Waals surface area contributed by atoms with E-state index in [-0.39, 0.29) is 0 Å². The van der Waals surface area contributed by atoms with Crippen molar-refractivity contribution in [2.45, 2.75) is 25.2 Å². The predicted molar refractivity (Wildman–Crippen MR) is 77.0 cm³/mol.